The summed E-state index contributed by atoms with van der Waals surface area (Å²) < 4.78 is 40.6. The monoisotopic (exact) mass is 325 g/mol. The van der Waals surface area contributed by atoms with Gasteiger partial charge in [0.15, 0.2) is 0 Å². The first-order valence-corrected chi connectivity index (χ1v) is 7.48. The number of aliphatic hydroxyl groups is 1. The molecular formula is C16H18F3N3O. The maximum absolute atomic E-state index is 12.9. The van der Waals surface area contributed by atoms with E-state index in [9.17, 15) is 18.3 Å². The Labute approximate surface area is 132 Å². The summed E-state index contributed by atoms with van der Waals surface area (Å²) >= 11 is 0. The normalized spacial score (nSPS) is 22.6. The van der Waals surface area contributed by atoms with Gasteiger partial charge in [-0.05, 0) is 24.1 Å². The fourth-order valence-electron chi connectivity index (χ4n) is 3.06. The van der Waals surface area contributed by atoms with Gasteiger partial charge in [-0.25, -0.2) is 4.98 Å². The lowest BCUT2D eigenvalue weighted by Crippen LogP contribution is -2.28. The number of aliphatic hydroxyl groups excluding tert-OH is 1. The number of rotatable bonds is 4. The maximum Gasteiger partial charge on any atom is 0.416 e. The molecule has 0 bridgehead atoms. The second-order valence-corrected chi connectivity index (χ2v) is 5.82. The zero-order chi connectivity index (χ0) is 16.4. The predicted octanol–water partition coefficient (Wildman–Crippen LogP) is 2.71. The summed E-state index contributed by atoms with van der Waals surface area (Å²) in [4.78, 5) is 6.00. The van der Waals surface area contributed by atoms with Crippen LogP contribution in [0.2, 0.25) is 0 Å². The number of β-amino-alcohol motifs (C(OH)–C–C–N with tert-alkyl or cyclic N) is 1. The van der Waals surface area contributed by atoms with Crippen molar-refractivity contribution in [3.8, 4) is 0 Å². The molecule has 23 heavy (non-hydrogen) atoms. The Hall–Kier alpha value is -1.86. The van der Waals surface area contributed by atoms with Gasteiger partial charge in [-0.3, -0.25) is 4.90 Å². The standard InChI is InChI=1S/C16H18F3N3O/c17-16(18,19)13-3-1-2-12(8-13)15-9-14(23)10-22(15)7-6-21-5-4-20-11-21/h1-5,8,11,14-15,23H,6-7,9-10H2/t14-,15-/m0/s1. The lowest BCUT2D eigenvalue weighted by molar-refractivity contribution is -0.137. The third-order valence-electron chi connectivity index (χ3n) is 4.18. The maximum atomic E-state index is 12.9. The molecule has 1 aliphatic rings. The predicted molar refractivity (Wildman–Crippen MR) is 78.6 cm³/mol. The highest BCUT2D eigenvalue weighted by Crippen LogP contribution is 2.36. The van der Waals surface area contributed by atoms with E-state index in [4.69, 9.17) is 0 Å². The van der Waals surface area contributed by atoms with Crippen molar-refractivity contribution in [3.05, 3.63) is 54.1 Å². The Kier molecular flexibility index (Phi) is 4.41. The van der Waals surface area contributed by atoms with E-state index >= 15 is 0 Å². The van der Waals surface area contributed by atoms with Gasteiger partial charge < -0.3 is 9.67 Å². The molecule has 0 unspecified atom stereocenters. The number of halogens is 3. The van der Waals surface area contributed by atoms with Crippen LogP contribution in [0.3, 0.4) is 0 Å². The van der Waals surface area contributed by atoms with Crippen molar-refractivity contribution in [1.82, 2.24) is 14.5 Å². The second kappa shape index (κ2) is 6.33. The van der Waals surface area contributed by atoms with Crippen molar-refractivity contribution < 1.29 is 18.3 Å². The molecular weight excluding hydrogens is 307 g/mol. The first-order chi connectivity index (χ1) is 10.9. The SMILES string of the molecule is O[C@H]1C[C@@H](c2cccc(C(F)(F)F)c2)N(CCn2ccnc2)C1. The molecule has 0 radical (unpaired) electrons. The van der Waals surface area contributed by atoms with Gasteiger partial charge in [0.2, 0.25) is 0 Å². The minimum Gasteiger partial charge on any atom is -0.392 e. The van der Waals surface area contributed by atoms with Crippen LogP contribution in [0.5, 0.6) is 0 Å². The van der Waals surface area contributed by atoms with Crippen molar-refractivity contribution >= 4 is 0 Å². The summed E-state index contributed by atoms with van der Waals surface area (Å²) in [5.74, 6) is 0. The summed E-state index contributed by atoms with van der Waals surface area (Å²) in [6, 6.07) is 5.19. The van der Waals surface area contributed by atoms with E-state index in [0.29, 0.717) is 31.6 Å². The van der Waals surface area contributed by atoms with Crippen molar-refractivity contribution in [2.24, 2.45) is 0 Å². The van der Waals surface area contributed by atoms with Crippen molar-refractivity contribution in [3.63, 3.8) is 0 Å². The molecule has 1 N–H and O–H groups in total. The molecule has 2 atom stereocenters. The molecule has 0 aliphatic carbocycles. The van der Waals surface area contributed by atoms with E-state index in [1.165, 1.54) is 12.1 Å². The lowest BCUT2D eigenvalue weighted by atomic mass is 10.0. The van der Waals surface area contributed by atoms with Gasteiger partial charge in [-0.1, -0.05) is 12.1 Å². The number of aromatic nitrogens is 2. The lowest BCUT2D eigenvalue weighted by Gasteiger charge is -2.25. The van der Waals surface area contributed by atoms with Gasteiger partial charge in [-0.15, -0.1) is 0 Å². The Bertz CT molecular complexity index is 642. The van der Waals surface area contributed by atoms with Crippen molar-refractivity contribution in [1.29, 1.82) is 0 Å². The van der Waals surface area contributed by atoms with Gasteiger partial charge in [0.25, 0.3) is 0 Å². The van der Waals surface area contributed by atoms with Crippen LogP contribution in [0.15, 0.2) is 43.0 Å². The summed E-state index contributed by atoms with van der Waals surface area (Å²) in [7, 11) is 0. The number of imidazole rings is 1. The Morgan fingerprint density at radius 2 is 2.09 bits per heavy atom. The molecule has 0 amide bonds. The summed E-state index contributed by atoms with van der Waals surface area (Å²) in [6.45, 7) is 1.80. The average Bonchev–Trinajstić information content (AvgIpc) is 3.13. The van der Waals surface area contributed by atoms with E-state index in [2.05, 4.69) is 4.98 Å². The summed E-state index contributed by atoms with van der Waals surface area (Å²) in [5, 5.41) is 9.93. The molecule has 4 nitrogen and oxygen atoms in total. The Morgan fingerprint density at radius 3 is 2.78 bits per heavy atom. The largest absolute Gasteiger partial charge is 0.416 e. The van der Waals surface area contributed by atoms with Crippen LogP contribution in [0.25, 0.3) is 0 Å². The van der Waals surface area contributed by atoms with Crippen LogP contribution in [-0.2, 0) is 12.7 Å². The molecule has 0 saturated carbocycles. The zero-order valence-corrected chi connectivity index (χ0v) is 12.4. The molecule has 2 aromatic rings. The number of likely N-dealkylation sites (tertiary alicyclic amines) is 1. The minimum atomic E-state index is -4.35. The fourth-order valence-corrected chi connectivity index (χ4v) is 3.06. The van der Waals surface area contributed by atoms with Crippen LogP contribution in [-0.4, -0.2) is 38.8 Å². The van der Waals surface area contributed by atoms with Gasteiger partial charge in [0, 0.05) is 38.1 Å². The summed E-state index contributed by atoms with van der Waals surface area (Å²) in [5.41, 5.74) is -0.0482. The third kappa shape index (κ3) is 3.73. The number of hydrogen-bond donors (Lipinski definition) is 1. The van der Waals surface area contributed by atoms with E-state index < -0.39 is 17.8 Å². The van der Waals surface area contributed by atoms with E-state index in [1.54, 1.807) is 18.6 Å². The highest BCUT2D eigenvalue weighted by Gasteiger charge is 2.34. The van der Waals surface area contributed by atoms with Gasteiger partial charge in [0.1, 0.15) is 0 Å². The van der Waals surface area contributed by atoms with E-state index in [1.807, 2.05) is 15.7 Å². The molecule has 7 heteroatoms. The second-order valence-electron chi connectivity index (χ2n) is 5.82. The van der Waals surface area contributed by atoms with Crippen LogP contribution >= 0.6 is 0 Å². The van der Waals surface area contributed by atoms with Gasteiger partial charge in [0.05, 0.1) is 18.0 Å². The number of benzene rings is 1. The van der Waals surface area contributed by atoms with Crippen LogP contribution < -0.4 is 0 Å². The van der Waals surface area contributed by atoms with E-state index in [-0.39, 0.29) is 6.04 Å². The first-order valence-electron chi connectivity index (χ1n) is 7.48. The molecule has 2 heterocycles. The first kappa shape index (κ1) is 16.0. The molecule has 0 spiro atoms. The number of nitrogens with zero attached hydrogens (tertiary/aromatic N) is 3. The number of alkyl halides is 3. The number of hydrogen-bond acceptors (Lipinski definition) is 3. The molecule has 1 aromatic carbocycles. The fraction of sp³-hybridized carbons (Fsp3) is 0.438. The molecule has 1 saturated heterocycles. The molecule has 1 aliphatic heterocycles. The molecule has 1 fully saturated rings. The zero-order valence-electron chi connectivity index (χ0n) is 12.4. The molecule has 3 rings (SSSR count). The van der Waals surface area contributed by atoms with E-state index in [0.717, 1.165) is 6.07 Å². The van der Waals surface area contributed by atoms with Crippen LogP contribution in [0.4, 0.5) is 13.2 Å². The minimum absolute atomic E-state index is 0.198. The van der Waals surface area contributed by atoms with Gasteiger partial charge >= 0.3 is 6.18 Å². The van der Waals surface area contributed by atoms with Crippen LogP contribution in [0, 0.1) is 0 Å². The topological polar surface area (TPSA) is 41.3 Å². The van der Waals surface area contributed by atoms with Crippen LogP contribution in [0.1, 0.15) is 23.6 Å². The molecule has 124 valence electrons. The van der Waals surface area contributed by atoms with Gasteiger partial charge in [-0.2, -0.15) is 13.2 Å². The molecule has 1 aromatic heterocycles. The average molecular weight is 325 g/mol. The van der Waals surface area contributed by atoms with Crippen molar-refractivity contribution in [2.45, 2.75) is 31.3 Å². The Morgan fingerprint density at radius 1 is 1.26 bits per heavy atom. The van der Waals surface area contributed by atoms with Crippen molar-refractivity contribution in [2.75, 3.05) is 13.1 Å². The smallest absolute Gasteiger partial charge is 0.392 e. The third-order valence-corrected chi connectivity index (χ3v) is 4.18. The highest BCUT2D eigenvalue weighted by atomic mass is 19.4. The highest BCUT2D eigenvalue weighted by molar-refractivity contribution is 5.29. The quantitative estimate of drug-likeness (QED) is 0.940. The Balaban J connectivity index is 1.76. The summed E-state index contributed by atoms with van der Waals surface area (Å²) in [6.07, 6.45) is 0.804.